The third kappa shape index (κ3) is 3.48. The van der Waals surface area contributed by atoms with Gasteiger partial charge in [-0.2, -0.15) is 5.10 Å². The summed E-state index contributed by atoms with van der Waals surface area (Å²) in [7, 11) is 3.58. The van der Waals surface area contributed by atoms with Gasteiger partial charge in [0.15, 0.2) is 11.5 Å². The van der Waals surface area contributed by atoms with Gasteiger partial charge in [-0.15, -0.1) is 0 Å². The predicted molar refractivity (Wildman–Crippen MR) is 84.1 cm³/mol. The third-order valence-corrected chi connectivity index (χ3v) is 3.36. The van der Waals surface area contributed by atoms with Crippen molar-refractivity contribution in [1.82, 2.24) is 9.78 Å². The van der Waals surface area contributed by atoms with E-state index < -0.39 is 0 Å². The van der Waals surface area contributed by atoms with E-state index in [1.165, 1.54) is 5.56 Å². The van der Waals surface area contributed by atoms with Crippen LogP contribution in [0.1, 0.15) is 31.1 Å². The van der Waals surface area contributed by atoms with Crippen molar-refractivity contribution >= 4 is 5.69 Å². The van der Waals surface area contributed by atoms with Gasteiger partial charge in [0.2, 0.25) is 0 Å². The SMILES string of the molecule is CCOc1cc(NC(C)c2cn(C)nc2C)ccc1OC. The lowest BCUT2D eigenvalue weighted by atomic mass is 10.1. The van der Waals surface area contributed by atoms with E-state index in [1.54, 1.807) is 7.11 Å². The maximum Gasteiger partial charge on any atom is 0.163 e. The molecule has 2 aromatic rings. The molecule has 114 valence electrons. The molecule has 21 heavy (non-hydrogen) atoms. The van der Waals surface area contributed by atoms with Crippen molar-refractivity contribution in [3.8, 4) is 11.5 Å². The van der Waals surface area contributed by atoms with Crippen LogP contribution in [0.2, 0.25) is 0 Å². The molecule has 2 rings (SSSR count). The van der Waals surface area contributed by atoms with E-state index >= 15 is 0 Å². The summed E-state index contributed by atoms with van der Waals surface area (Å²) in [6.07, 6.45) is 2.04. The summed E-state index contributed by atoms with van der Waals surface area (Å²) in [4.78, 5) is 0. The average molecular weight is 289 g/mol. The largest absolute Gasteiger partial charge is 0.493 e. The molecule has 0 radical (unpaired) electrons. The molecule has 5 heteroatoms. The molecule has 1 N–H and O–H groups in total. The number of rotatable bonds is 6. The van der Waals surface area contributed by atoms with Crippen LogP contribution in [-0.2, 0) is 7.05 Å². The van der Waals surface area contributed by atoms with Crippen LogP contribution >= 0.6 is 0 Å². The van der Waals surface area contributed by atoms with Crippen LogP contribution in [0.15, 0.2) is 24.4 Å². The number of benzene rings is 1. The molecule has 1 aromatic carbocycles. The van der Waals surface area contributed by atoms with Crippen LogP contribution < -0.4 is 14.8 Å². The summed E-state index contributed by atoms with van der Waals surface area (Å²) in [5.41, 5.74) is 3.22. The molecule has 0 aliphatic carbocycles. The van der Waals surface area contributed by atoms with Crippen LogP contribution in [0.5, 0.6) is 11.5 Å². The fourth-order valence-corrected chi connectivity index (χ4v) is 2.41. The Bertz CT molecular complexity index is 608. The molecule has 0 aliphatic heterocycles. The zero-order valence-corrected chi connectivity index (χ0v) is 13.3. The smallest absolute Gasteiger partial charge is 0.163 e. The summed E-state index contributed by atoms with van der Waals surface area (Å²) < 4.78 is 12.7. The topological polar surface area (TPSA) is 48.3 Å². The summed E-state index contributed by atoms with van der Waals surface area (Å²) in [6, 6.07) is 6.03. The summed E-state index contributed by atoms with van der Waals surface area (Å²) in [5.74, 6) is 1.49. The Kier molecular flexibility index (Phi) is 4.73. The highest BCUT2D eigenvalue weighted by atomic mass is 16.5. The Morgan fingerprint density at radius 3 is 2.67 bits per heavy atom. The van der Waals surface area contributed by atoms with Crippen molar-refractivity contribution in [2.24, 2.45) is 7.05 Å². The van der Waals surface area contributed by atoms with Crippen LogP contribution in [-0.4, -0.2) is 23.5 Å². The van der Waals surface area contributed by atoms with E-state index in [1.807, 2.05) is 50.0 Å². The number of aromatic nitrogens is 2. The Morgan fingerprint density at radius 2 is 2.10 bits per heavy atom. The van der Waals surface area contributed by atoms with E-state index in [0.29, 0.717) is 6.61 Å². The van der Waals surface area contributed by atoms with Gasteiger partial charge in [0, 0.05) is 30.6 Å². The van der Waals surface area contributed by atoms with Gasteiger partial charge in [0.1, 0.15) is 0 Å². The van der Waals surface area contributed by atoms with Gasteiger partial charge >= 0.3 is 0 Å². The third-order valence-electron chi connectivity index (χ3n) is 3.36. The molecule has 0 amide bonds. The normalized spacial score (nSPS) is 12.0. The molecule has 0 spiro atoms. The lowest BCUT2D eigenvalue weighted by molar-refractivity contribution is 0.311. The maximum absolute atomic E-state index is 5.60. The number of ether oxygens (including phenoxy) is 2. The van der Waals surface area contributed by atoms with Crippen molar-refractivity contribution in [2.75, 3.05) is 19.0 Å². The minimum Gasteiger partial charge on any atom is -0.493 e. The zero-order valence-electron chi connectivity index (χ0n) is 13.3. The Morgan fingerprint density at radius 1 is 1.33 bits per heavy atom. The van der Waals surface area contributed by atoms with Gasteiger partial charge in [-0.25, -0.2) is 0 Å². The molecule has 0 aliphatic rings. The Balaban J connectivity index is 2.19. The van der Waals surface area contributed by atoms with E-state index in [4.69, 9.17) is 9.47 Å². The van der Waals surface area contributed by atoms with Gasteiger partial charge < -0.3 is 14.8 Å². The highest BCUT2D eigenvalue weighted by Crippen LogP contribution is 2.32. The highest BCUT2D eigenvalue weighted by Gasteiger charge is 2.13. The molecule has 0 fully saturated rings. The molecule has 0 saturated heterocycles. The average Bonchev–Trinajstić information content (AvgIpc) is 2.78. The number of methoxy groups -OCH3 is 1. The van der Waals surface area contributed by atoms with E-state index in [9.17, 15) is 0 Å². The first-order chi connectivity index (χ1) is 10.0. The lowest BCUT2D eigenvalue weighted by Gasteiger charge is -2.17. The molecular formula is C16H23N3O2. The predicted octanol–water partition coefficient (Wildman–Crippen LogP) is 3.31. The monoisotopic (exact) mass is 289 g/mol. The van der Waals surface area contributed by atoms with Crippen LogP contribution in [0.3, 0.4) is 0 Å². The Hall–Kier alpha value is -2.17. The molecule has 5 nitrogen and oxygen atoms in total. The molecule has 0 saturated carbocycles. The summed E-state index contributed by atoms with van der Waals surface area (Å²) in [5, 5.41) is 7.85. The lowest BCUT2D eigenvalue weighted by Crippen LogP contribution is -2.07. The molecule has 1 unspecified atom stereocenters. The number of nitrogens with zero attached hydrogens (tertiary/aromatic N) is 2. The van der Waals surface area contributed by atoms with E-state index in [2.05, 4.69) is 17.3 Å². The first kappa shape index (κ1) is 15.2. The molecule has 1 aromatic heterocycles. The second-order valence-corrected chi connectivity index (χ2v) is 5.01. The quantitative estimate of drug-likeness (QED) is 0.886. The van der Waals surface area contributed by atoms with Crippen molar-refractivity contribution in [2.45, 2.75) is 26.8 Å². The number of nitrogens with one attached hydrogen (secondary N) is 1. The fourth-order valence-electron chi connectivity index (χ4n) is 2.41. The number of aryl methyl sites for hydroxylation is 2. The van der Waals surface area contributed by atoms with Gasteiger partial charge in [0.25, 0.3) is 0 Å². The van der Waals surface area contributed by atoms with E-state index in [0.717, 1.165) is 22.9 Å². The van der Waals surface area contributed by atoms with Crippen LogP contribution in [0, 0.1) is 6.92 Å². The highest BCUT2D eigenvalue weighted by molar-refractivity contribution is 5.55. The van der Waals surface area contributed by atoms with Gasteiger partial charge in [-0.05, 0) is 32.9 Å². The second-order valence-electron chi connectivity index (χ2n) is 5.01. The molecular weight excluding hydrogens is 266 g/mol. The Labute approximate surface area is 125 Å². The fraction of sp³-hybridized carbons (Fsp3) is 0.438. The summed E-state index contributed by atoms with van der Waals surface area (Å²) in [6.45, 7) is 6.71. The first-order valence-electron chi connectivity index (χ1n) is 7.12. The number of hydrogen-bond acceptors (Lipinski definition) is 4. The minimum atomic E-state index is 0.168. The first-order valence-corrected chi connectivity index (χ1v) is 7.12. The van der Waals surface area contributed by atoms with Gasteiger partial charge in [-0.3, -0.25) is 4.68 Å². The number of anilines is 1. The van der Waals surface area contributed by atoms with Crippen LogP contribution in [0.4, 0.5) is 5.69 Å². The summed E-state index contributed by atoms with van der Waals surface area (Å²) >= 11 is 0. The van der Waals surface area contributed by atoms with Crippen molar-refractivity contribution in [1.29, 1.82) is 0 Å². The van der Waals surface area contributed by atoms with Gasteiger partial charge in [0.05, 0.1) is 25.5 Å². The second kappa shape index (κ2) is 6.52. The molecule has 0 bridgehead atoms. The number of hydrogen-bond donors (Lipinski definition) is 1. The standard InChI is InChI=1S/C16H23N3O2/c1-6-21-16-9-13(7-8-15(16)20-5)17-11(2)14-10-19(4)18-12(14)3/h7-11,17H,6H2,1-5H3. The van der Waals surface area contributed by atoms with Crippen molar-refractivity contribution in [3.05, 3.63) is 35.7 Å². The minimum absolute atomic E-state index is 0.168. The van der Waals surface area contributed by atoms with Crippen molar-refractivity contribution < 1.29 is 9.47 Å². The zero-order chi connectivity index (χ0) is 15.4. The van der Waals surface area contributed by atoms with Gasteiger partial charge in [-0.1, -0.05) is 0 Å². The van der Waals surface area contributed by atoms with Crippen LogP contribution in [0.25, 0.3) is 0 Å². The van der Waals surface area contributed by atoms with E-state index in [-0.39, 0.29) is 6.04 Å². The molecule has 1 heterocycles. The maximum atomic E-state index is 5.60. The molecule has 1 atom stereocenters. The van der Waals surface area contributed by atoms with Crippen molar-refractivity contribution in [3.63, 3.8) is 0 Å².